The maximum absolute atomic E-state index is 12.5. The number of aromatic nitrogens is 2. The standard InChI is InChI=1S/C18H24N4O3/c1-3-11(2)15(10-23)19-18(25)12-8-16(24)22(9-12)17-13-6-4-5-7-14(13)20-21-17/h4-7,11-12,15,23H,3,8-10H2,1-2H3,(H,19,25)(H,20,21)/t11-,12+,15-/m0/s1. The number of hydrogen-bond acceptors (Lipinski definition) is 4. The molecule has 25 heavy (non-hydrogen) atoms. The quantitative estimate of drug-likeness (QED) is 0.738. The van der Waals surface area contributed by atoms with Crippen LogP contribution in [0.1, 0.15) is 26.7 Å². The second-order valence-corrected chi connectivity index (χ2v) is 6.68. The lowest BCUT2D eigenvalue weighted by molar-refractivity contribution is -0.127. The maximum Gasteiger partial charge on any atom is 0.229 e. The van der Waals surface area contributed by atoms with Crippen molar-refractivity contribution in [3.8, 4) is 0 Å². The summed E-state index contributed by atoms with van der Waals surface area (Å²) in [5.41, 5.74) is 0.857. The van der Waals surface area contributed by atoms with Crippen LogP contribution < -0.4 is 10.2 Å². The molecule has 1 aliphatic rings. The van der Waals surface area contributed by atoms with Crippen LogP contribution in [0.3, 0.4) is 0 Å². The molecule has 0 unspecified atom stereocenters. The average Bonchev–Trinajstić information content (AvgIpc) is 3.22. The predicted molar refractivity (Wildman–Crippen MR) is 95.0 cm³/mol. The first kappa shape index (κ1) is 17.4. The van der Waals surface area contributed by atoms with Gasteiger partial charge in [-0.05, 0) is 18.1 Å². The average molecular weight is 344 g/mol. The molecule has 2 aromatic rings. The number of hydrogen-bond donors (Lipinski definition) is 3. The van der Waals surface area contributed by atoms with Crippen LogP contribution in [0, 0.1) is 11.8 Å². The van der Waals surface area contributed by atoms with E-state index in [2.05, 4.69) is 15.5 Å². The number of nitrogens with one attached hydrogen (secondary N) is 2. The third-order valence-electron chi connectivity index (χ3n) is 5.06. The largest absolute Gasteiger partial charge is 0.394 e. The zero-order valence-electron chi connectivity index (χ0n) is 14.5. The molecule has 7 nitrogen and oxygen atoms in total. The fourth-order valence-corrected chi connectivity index (χ4v) is 3.20. The minimum Gasteiger partial charge on any atom is -0.394 e. The summed E-state index contributed by atoms with van der Waals surface area (Å²) in [7, 11) is 0. The van der Waals surface area contributed by atoms with Gasteiger partial charge in [-0.25, -0.2) is 0 Å². The van der Waals surface area contributed by atoms with Gasteiger partial charge in [0.2, 0.25) is 11.8 Å². The van der Waals surface area contributed by atoms with Gasteiger partial charge in [-0.2, -0.15) is 5.10 Å². The number of carbonyl (C=O) groups excluding carboxylic acids is 2. The number of rotatable bonds is 6. The molecule has 7 heteroatoms. The molecule has 2 heterocycles. The Labute approximate surface area is 146 Å². The number of anilines is 1. The monoisotopic (exact) mass is 344 g/mol. The molecule has 2 amide bonds. The van der Waals surface area contributed by atoms with E-state index in [1.807, 2.05) is 38.1 Å². The van der Waals surface area contributed by atoms with E-state index in [0.717, 1.165) is 17.3 Å². The predicted octanol–water partition coefficient (Wildman–Crippen LogP) is 1.44. The van der Waals surface area contributed by atoms with Crippen LogP contribution in [-0.4, -0.2) is 46.3 Å². The molecule has 134 valence electrons. The van der Waals surface area contributed by atoms with Crippen LogP contribution in [0.5, 0.6) is 0 Å². The van der Waals surface area contributed by atoms with Crippen molar-refractivity contribution in [2.24, 2.45) is 11.8 Å². The Morgan fingerprint density at radius 3 is 2.96 bits per heavy atom. The molecule has 1 aromatic heterocycles. The molecule has 0 bridgehead atoms. The van der Waals surface area contributed by atoms with Gasteiger partial charge in [0, 0.05) is 18.4 Å². The van der Waals surface area contributed by atoms with E-state index in [-0.39, 0.29) is 36.8 Å². The summed E-state index contributed by atoms with van der Waals surface area (Å²) in [6.07, 6.45) is 1.02. The number of benzene rings is 1. The van der Waals surface area contributed by atoms with E-state index in [4.69, 9.17) is 0 Å². The van der Waals surface area contributed by atoms with Crippen molar-refractivity contribution in [3.05, 3.63) is 24.3 Å². The van der Waals surface area contributed by atoms with Gasteiger partial charge in [-0.1, -0.05) is 32.4 Å². The van der Waals surface area contributed by atoms with Crippen LogP contribution in [0.25, 0.3) is 10.9 Å². The molecule has 1 saturated heterocycles. The van der Waals surface area contributed by atoms with Crippen molar-refractivity contribution in [1.82, 2.24) is 15.5 Å². The molecule has 0 aliphatic carbocycles. The topological polar surface area (TPSA) is 98.3 Å². The molecule has 1 aliphatic heterocycles. The number of para-hydroxylation sites is 1. The van der Waals surface area contributed by atoms with Crippen molar-refractivity contribution >= 4 is 28.5 Å². The Balaban J connectivity index is 1.73. The minimum absolute atomic E-state index is 0.102. The second-order valence-electron chi connectivity index (χ2n) is 6.68. The molecule has 3 rings (SSSR count). The summed E-state index contributed by atoms with van der Waals surface area (Å²) in [6, 6.07) is 7.31. The van der Waals surface area contributed by atoms with Gasteiger partial charge in [-0.3, -0.25) is 19.6 Å². The number of aliphatic hydroxyl groups excluding tert-OH is 1. The summed E-state index contributed by atoms with van der Waals surface area (Å²) in [5, 5.41) is 20.4. The van der Waals surface area contributed by atoms with E-state index in [1.54, 1.807) is 4.90 Å². The zero-order valence-corrected chi connectivity index (χ0v) is 14.5. The van der Waals surface area contributed by atoms with Gasteiger partial charge in [0.1, 0.15) is 0 Å². The van der Waals surface area contributed by atoms with E-state index in [9.17, 15) is 14.7 Å². The van der Waals surface area contributed by atoms with E-state index in [1.165, 1.54) is 0 Å². The summed E-state index contributed by atoms with van der Waals surface area (Å²) in [4.78, 5) is 26.5. The van der Waals surface area contributed by atoms with Crippen LogP contribution in [0.15, 0.2) is 24.3 Å². The van der Waals surface area contributed by atoms with Crippen LogP contribution in [0.4, 0.5) is 5.82 Å². The molecule has 1 fully saturated rings. The van der Waals surface area contributed by atoms with Crippen LogP contribution >= 0.6 is 0 Å². The molecular formula is C18H24N4O3. The summed E-state index contributed by atoms with van der Waals surface area (Å²) in [5.74, 6) is 0.0200. The second kappa shape index (κ2) is 7.23. The van der Waals surface area contributed by atoms with E-state index < -0.39 is 5.92 Å². The third kappa shape index (κ3) is 3.37. The number of H-pyrrole nitrogens is 1. The molecule has 3 N–H and O–H groups in total. The van der Waals surface area contributed by atoms with Gasteiger partial charge in [0.25, 0.3) is 0 Å². The fraction of sp³-hybridized carbons (Fsp3) is 0.500. The number of aliphatic hydroxyl groups is 1. The number of nitrogens with zero attached hydrogens (tertiary/aromatic N) is 2. The highest BCUT2D eigenvalue weighted by molar-refractivity contribution is 6.05. The smallest absolute Gasteiger partial charge is 0.229 e. The normalized spacial score (nSPS) is 20.0. The minimum atomic E-state index is -0.430. The van der Waals surface area contributed by atoms with E-state index in [0.29, 0.717) is 12.4 Å². The Morgan fingerprint density at radius 1 is 1.48 bits per heavy atom. The summed E-state index contributed by atoms with van der Waals surface area (Å²) in [6.45, 7) is 4.21. The highest BCUT2D eigenvalue weighted by Crippen LogP contribution is 2.29. The Hall–Kier alpha value is -2.41. The van der Waals surface area contributed by atoms with Gasteiger partial charge < -0.3 is 10.4 Å². The molecule has 0 saturated carbocycles. The van der Waals surface area contributed by atoms with Gasteiger partial charge in [0.15, 0.2) is 5.82 Å². The molecule has 3 atom stereocenters. The van der Waals surface area contributed by atoms with Crippen LogP contribution in [0.2, 0.25) is 0 Å². The zero-order chi connectivity index (χ0) is 18.0. The lowest BCUT2D eigenvalue weighted by atomic mass is 9.98. The molecule has 0 spiro atoms. The Kier molecular flexibility index (Phi) is 5.03. The molecule has 1 aromatic carbocycles. The lowest BCUT2D eigenvalue weighted by Gasteiger charge is -2.23. The van der Waals surface area contributed by atoms with Crippen molar-refractivity contribution in [3.63, 3.8) is 0 Å². The lowest BCUT2D eigenvalue weighted by Crippen LogP contribution is -2.45. The van der Waals surface area contributed by atoms with Crippen molar-refractivity contribution in [1.29, 1.82) is 0 Å². The first-order valence-corrected chi connectivity index (χ1v) is 8.69. The number of fused-ring (bicyclic) bond motifs is 1. The Morgan fingerprint density at radius 2 is 2.24 bits per heavy atom. The highest BCUT2D eigenvalue weighted by Gasteiger charge is 2.37. The van der Waals surface area contributed by atoms with Gasteiger partial charge >= 0.3 is 0 Å². The molecular weight excluding hydrogens is 320 g/mol. The molecule has 0 radical (unpaired) electrons. The van der Waals surface area contributed by atoms with Gasteiger partial charge in [-0.15, -0.1) is 0 Å². The number of aromatic amines is 1. The highest BCUT2D eigenvalue weighted by atomic mass is 16.3. The number of amides is 2. The Bertz CT molecular complexity index is 773. The first-order valence-electron chi connectivity index (χ1n) is 8.69. The summed E-state index contributed by atoms with van der Waals surface area (Å²) >= 11 is 0. The van der Waals surface area contributed by atoms with Crippen molar-refractivity contribution in [2.45, 2.75) is 32.7 Å². The van der Waals surface area contributed by atoms with Crippen molar-refractivity contribution in [2.75, 3.05) is 18.1 Å². The van der Waals surface area contributed by atoms with E-state index >= 15 is 0 Å². The first-order chi connectivity index (χ1) is 12.0. The van der Waals surface area contributed by atoms with Crippen molar-refractivity contribution < 1.29 is 14.7 Å². The fourth-order valence-electron chi connectivity index (χ4n) is 3.20. The maximum atomic E-state index is 12.5. The van der Waals surface area contributed by atoms with Gasteiger partial charge in [0.05, 0.1) is 24.1 Å². The number of carbonyl (C=O) groups is 2. The summed E-state index contributed by atoms with van der Waals surface area (Å²) < 4.78 is 0. The SMILES string of the molecule is CC[C@H](C)[C@H](CO)NC(=O)[C@@H]1CC(=O)N(c2n[nH]c3ccccc23)C1. The third-order valence-corrected chi connectivity index (χ3v) is 5.06. The van der Waals surface area contributed by atoms with Crippen LogP contribution in [-0.2, 0) is 9.59 Å².